The molecular weight excluding hydrogens is 456 g/mol. The van der Waals surface area contributed by atoms with Gasteiger partial charge >= 0.3 is 0 Å². The van der Waals surface area contributed by atoms with Crippen LogP contribution in [0.1, 0.15) is 12.5 Å². The lowest BCUT2D eigenvalue weighted by atomic mass is 10.0. The number of pyridine rings is 1. The molecule has 36 heavy (non-hydrogen) atoms. The monoisotopic (exact) mass is 486 g/mol. The van der Waals surface area contributed by atoms with Crippen LogP contribution >= 0.6 is 0 Å². The van der Waals surface area contributed by atoms with Crippen LogP contribution in [0.15, 0.2) is 77.6 Å². The molecule has 0 atom stereocenters. The zero-order valence-corrected chi connectivity index (χ0v) is 20.7. The van der Waals surface area contributed by atoms with Crippen LogP contribution in [0.2, 0.25) is 0 Å². The van der Waals surface area contributed by atoms with E-state index >= 15 is 0 Å². The Morgan fingerprint density at radius 3 is 2.42 bits per heavy atom. The summed E-state index contributed by atoms with van der Waals surface area (Å²) in [5, 5.41) is 3.83. The molecule has 0 aliphatic heterocycles. The fourth-order valence-electron chi connectivity index (χ4n) is 4.22. The molecule has 0 aliphatic rings. The number of carbonyl (C=O) groups excluding carboxylic acids is 1. The number of benzene rings is 3. The summed E-state index contributed by atoms with van der Waals surface area (Å²) in [5.41, 5.74) is 3.57. The third-order valence-electron chi connectivity index (χ3n) is 6.04. The molecule has 1 amide bonds. The van der Waals surface area contributed by atoms with Crippen molar-refractivity contribution >= 4 is 16.8 Å². The summed E-state index contributed by atoms with van der Waals surface area (Å²) in [6.07, 6.45) is 0.646. The number of ether oxygens (including phenoxy) is 3. The van der Waals surface area contributed by atoms with Crippen LogP contribution in [-0.4, -0.2) is 37.8 Å². The van der Waals surface area contributed by atoms with Crippen LogP contribution in [-0.2, 0) is 17.8 Å². The van der Waals surface area contributed by atoms with E-state index in [-0.39, 0.29) is 18.1 Å². The second-order valence-electron chi connectivity index (χ2n) is 8.26. The van der Waals surface area contributed by atoms with Crippen LogP contribution < -0.4 is 25.1 Å². The van der Waals surface area contributed by atoms with Gasteiger partial charge in [0, 0.05) is 30.6 Å². The zero-order chi connectivity index (χ0) is 25.5. The fraction of sp³-hybridized carbons (Fsp3) is 0.241. The summed E-state index contributed by atoms with van der Waals surface area (Å²) in [6.45, 7) is 2.81. The van der Waals surface area contributed by atoms with E-state index in [2.05, 4.69) is 5.32 Å². The standard InChI is InChI=1S/C29H30N2O5/c1-4-31-25-17-22(11-12-23(25)24(18-29(31)33)21-8-6-5-7-9-21)36-19-28(32)30-15-14-20-10-13-26(34-2)27(16-20)35-3/h5-13,16-18H,4,14-15,19H2,1-3H3,(H,30,32). The van der Waals surface area contributed by atoms with Gasteiger partial charge in [-0.3, -0.25) is 9.59 Å². The fourth-order valence-corrected chi connectivity index (χ4v) is 4.22. The van der Waals surface area contributed by atoms with E-state index in [1.807, 2.05) is 73.7 Å². The Bertz CT molecular complexity index is 1410. The first kappa shape index (κ1) is 24.9. The Balaban J connectivity index is 1.42. The third kappa shape index (κ3) is 5.51. The molecule has 7 heteroatoms. The summed E-state index contributed by atoms with van der Waals surface area (Å²) in [4.78, 5) is 25.2. The van der Waals surface area contributed by atoms with Crippen molar-refractivity contribution in [2.45, 2.75) is 19.9 Å². The molecule has 1 aromatic heterocycles. The van der Waals surface area contributed by atoms with Crippen LogP contribution in [0.5, 0.6) is 17.2 Å². The van der Waals surface area contributed by atoms with Crippen molar-refractivity contribution < 1.29 is 19.0 Å². The first-order chi connectivity index (χ1) is 17.5. The molecule has 0 bridgehead atoms. The number of carbonyl (C=O) groups is 1. The molecule has 1 heterocycles. The van der Waals surface area contributed by atoms with Crippen LogP contribution in [0.3, 0.4) is 0 Å². The number of methoxy groups -OCH3 is 2. The highest BCUT2D eigenvalue weighted by molar-refractivity contribution is 5.95. The lowest BCUT2D eigenvalue weighted by Gasteiger charge is -2.14. The Morgan fingerprint density at radius 2 is 1.69 bits per heavy atom. The molecule has 3 aromatic carbocycles. The van der Waals surface area contributed by atoms with Crippen molar-refractivity contribution in [3.63, 3.8) is 0 Å². The lowest BCUT2D eigenvalue weighted by Crippen LogP contribution is -2.30. The summed E-state index contributed by atoms with van der Waals surface area (Å²) < 4.78 is 18.1. The Morgan fingerprint density at radius 1 is 0.917 bits per heavy atom. The zero-order valence-electron chi connectivity index (χ0n) is 20.7. The first-order valence-electron chi connectivity index (χ1n) is 11.9. The van der Waals surface area contributed by atoms with Crippen molar-refractivity contribution in [3.8, 4) is 28.4 Å². The van der Waals surface area contributed by atoms with Gasteiger partial charge in [-0.15, -0.1) is 0 Å². The smallest absolute Gasteiger partial charge is 0.257 e. The second kappa shape index (κ2) is 11.4. The highest BCUT2D eigenvalue weighted by Gasteiger charge is 2.12. The molecule has 4 rings (SSSR count). The van der Waals surface area contributed by atoms with Gasteiger partial charge in [0.05, 0.1) is 19.7 Å². The van der Waals surface area contributed by atoms with Gasteiger partial charge in [-0.05, 0) is 54.3 Å². The summed E-state index contributed by atoms with van der Waals surface area (Å²) in [6, 6.07) is 22.8. The number of amides is 1. The molecule has 0 radical (unpaired) electrons. The molecule has 0 fully saturated rings. The number of nitrogens with zero attached hydrogens (tertiary/aromatic N) is 1. The number of nitrogens with one attached hydrogen (secondary N) is 1. The van der Waals surface area contributed by atoms with Crippen molar-refractivity contribution in [1.82, 2.24) is 9.88 Å². The van der Waals surface area contributed by atoms with E-state index in [9.17, 15) is 9.59 Å². The third-order valence-corrected chi connectivity index (χ3v) is 6.04. The summed E-state index contributed by atoms with van der Waals surface area (Å²) in [5.74, 6) is 1.63. The Hall–Kier alpha value is -4.26. The van der Waals surface area contributed by atoms with Gasteiger partial charge in [-0.2, -0.15) is 0 Å². The average Bonchev–Trinajstić information content (AvgIpc) is 2.91. The lowest BCUT2D eigenvalue weighted by molar-refractivity contribution is -0.123. The van der Waals surface area contributed by atoms with Gasteiger partial charge in [-0.1, -0.05) is 36.4 Å². The normalized spacial score (nSPS) is 10.8. The average molecular weight is 487 g/mol. The molecular formula is C29H30N2O5. The van der Waals surface area contributed by atoms with Crippen LogP contribution in [0.4, 0.5) is 0 Å². The SMILES string of the molecule is CCn1c(=O)cc(-c2ccccc2)c2ccc(OCC(=O)NCCc3ccc(OC)c(OC)c3)cc21. The molecule has 4 aromatic rings. The molecule has 0 saturated carbocycles. The molecule has 7 nitrogen and oxygen atoms in total. The topological polar surface area (TPSA) is 78.8 Å². The largest absolute Gasteiger partial charge is 0.493 e. The van der Waals surface area contributed by atoms with E-state index in [0.29, 0.717) is 36.8 Å². The Labute approximate surface area is 210 Å². The predicted molar refractivity (Wildman–Crippen MR) is 141 cm³/mol. The predicted octanol–water partition coefficient (Wildman–Crippen LogP) is 4.44. The molecule has 0 spiro atoms. The number of aryl methyl sites for hydroxylation is 1. The quantitative estimate of drug-likeness (QED) is 0.359. The highest BCUT2D eigenvalue weighted by Crippen LogP contribution is 2.30. The summed E-state index contributed by atoms with van der Waals surface area (Å²) in [7, 11) is 3.19. The van der Waals surface area contributed by atoms with E-state index < -0.39 is 0 Å². The molecule has 1 N–H and O–H groups in total. The maximum atomic E-state index is 12.8. The minimum Gasteiger partial charge on any atom is -0.493 e. The van der Waals surface area contributed by atoms with Crippen LogP contribution in [0.25, 0.3) is 22.0 Å². The van der Waals surface area contributed by atoms with Crippen molar-refractivity contribution in [2.75, 3.05) is 27.4 Å². The Kier molecular flexibility index (Phi) is 7.90. The number of aromatic nitrogens is 1. The number of hydrogen-bond acceptors (Lipinski definition) is 5. The van der Waals surface area contributed by atoms with Crippen molar-refractivity contribution in [3.05, 3.63) is 88.7 Å². The molecule has 0 aliphatic carbocycles. The van der Waals surface area contributed by atoms with E-state index in [1.54, 1.807) is 24.9 Å². The van der Waals surface area contributed by atoms with Gasteiger partial charge < -0.3 is 24.1 Å². The van der Waals surface area contributed by atoms with Crippen molar-refractivity contribution in [2.24, 2.45) is 0 Å². The van der Waals surface area contributed by atoms with Crippen molar-refractivity contribution in [1.29, 1.82) is 0 Å². The van der Waals surface area contributed by atoms with Gasteiger partial charge in [0.2, 0.25) is 0 Å². The number of hydrogen-bond donors (Lipinski definition) is 1. The molecule has 186 valence electrons. The number of fused-ring (bicyclic) bond motifs is 1. The minimum atomic E-state index is -0.221. The summed E-state index contributed by atoms with van der Waals surface area (Å²) >= 11 is 0. The van der Waals surface area contributed by atoms with Gasteiger partial charge in [0.15, 0.2) is 18.1 Å². The van der Waals surface area contributed by atoms with E-state index in [0.717, 1.165) is 27.6 Å². The van der Waals surface area contributed by atoms with Gasteiger partial charge in [-0.25, -0.2) is 0 Å². The first-order valence-corrected chi connectivity index (χ1v) is 11.9. The van der Waals surface area contributed by atoms with Gasteiger partial charge in [0.1, 0.15) is 5.75 Å². The van der Waals surface area contributed by atoms with Gasteiger partial charge in [0.25, 0.3) is 11.5 Å². The van der Waals surface area contributed by atoms with E-state index in [4.69, 9.17) is 14.2 Å². The minimum absolute atomic E-state index is 0.0751. The second-order valence-corrected chi connectivity index (χ2v) is 8.26. The van der Waals surface area contributed by atoms with Crippen LogP contribution in [0, 0.1) is 0 Å². The molecule has 0 saturated heterocycles. The maximum Gasteiger partial charge on any atom is 0.257 e. The van der Waals surface area contributed by atoms with E-state index in [1.165, 1.54) is 0 Å². The highest BCUT2D eigenvalue weighted by atomic mass is 16.5. The maximum absolute atomic E-state index is 12.8. The number of rotatable bonds is 10. The molecule has 0 unspecified atom stereocenters.